The minimum Gasteiger partial charge on any atom is -0.311 e. The van der Waals surface area contributed by atoms with Crippen LogP contribution in [0.1, 0.15) is 189 Å². The minimum absolute atomic E-state index is 0.0211. The standard InChI is InChI=1S/C70H79BN2/c1-17-44-33-61-63-62(34-44)73(58-38-52-49(32-43(58)2)64(3,4)30-31-65(52,5)6)60-40-54-51(67(9,10)42-69(54,13)14)37-56(60)71(63)55-36-50-53(68(11,12)41-66(50,7)8)39-59(55)72(61)57-29-28-47(35-48(57)45-24-20-18-21-25-45)70(15,16)46-26-22-19-23-27-46/h18-29,32-40H,17,30-31,41-42H2,1-16H3/i1D3. The number of fused-ring (bicyclic) bond motifs is 7. The first kappa shape index (κ1) is 44.7. The van der Waals surface area contributed by atoms with Gasteiger partial charge in [0.1, 0.15) is 0 Å². The van der Waals surface area contributed by atoms with Crippen molar-refractivity contribution in [3.63, 3.8) is 0 Å². The molecule has 3 heteroatoms. The monoisotopic (exact) mass is 962 g/mol. The van der Waals surface area contributed by atoms with E-state index >= 15 is 0 Å². The van der Waals surface area contributed by atoms with Crippen molar-refractivity contribution in [1.29, 1.82) is 0 Å². The third-order valence-electron chi connectivity index (χ3n) is 19.2. The number of nitrogens with zero attached hydrogens (tertiary/aromatic N) is 2. The van der Waals surface area contributed by atoms with Crippen LogP contribution in [0, 0.1) is 6.92 Å². The highest BCUT2D eigenvalue weighted by Crippen LogP contribution is 2.57. The Morgan fingerprint density at radius 3 is 1.44 bits per heavy atom. The topological polar surface area (TPSA) is 6.48 Å². The van der Waals surface area contributed by atoms with Crippen LogP contribution in [0.2, 0.25) is 0 Å². The molecule has 0 N–H and O–H groups in total. The third-order valence-corrected chi connectivity index (χ3v) is 19.2. The highest BCUT2D eigenvalue weighted by atomic mass is 15.2. The molecule has 3 aliphatic carbocycles. The zero-order valence-corrected chi connectivity index (χ0v) is 46.6. The molecule has 7 aromatic carbocycles. The fourth-order valence-corrected chi connectivity index (χ4v) is 15.5. The van der Waals surface area contributed by atoms with Gasteiger partial charge in [-0.25, -0.2) is 0 Å². The molecule has 73 heavy (non-hydrogen) atoms. The molecule has 0 unspecified atom stereocenters. The van der Waals surface area contributed by atoms with Gasteiger partial charge in [-0.05, 0) is 192 Å². The Labute approximate surface area is 444 Å². The van der Waals surface area contributed by atoms with Gasteiger partial charge in [-0.1, -0.05) is 189 Å². The van der Waals surface area contributed by atoms with Crippen LogP contribution >= 0.6 is 0 Å². The molecule has 0 saturated heterocycles. The SMILES string of the molecule is [2H]C([2H])([2H])Cc1cc2c3c(c1)N(c1ccc(C(C)(C)c4ccccc4)cc1-c1ccccc1)c1cc4c(cc1B3c1cc3c(cc1N2c1cc2c(cc1C)C(C)(C)CCC2(C)C)C(C)(C)CC3(C)C)C(C)(C)CC4(C)C. The van der Waals surface area contributed by atoms with Crippen LogP contribution in [-0.2, 0) is 44.3 Å². The van der Waals surface area contributed by atoms with E-state index in [2.05, 4.69) is 241 Å². The van der Waals surface area contributed by atoms with Crippen LogP contribution in [0.5, 0.6) is 0 Å². The predicted molar refractivity (Wildman–Crippen MR) is 315 cm³/mol. The Balaban J connectivity index is 1.24. The maximum atomic E-state index is 8.91. The number of benzene rings is 7. The van der Waals surface area contributed by atoms with Gasteiger partial charge in [0.05, 0.1) is 5.69 Å². The highest BCUT2D eigenvalue weighted by molar-refractivity contribution is 7.00. The Morgan fingerprint density at radius 2 is 0.918 bits per heavy atom. The summed E-state index contributed by atoms with van der Waals surface area (Å²) < 4.78 is 26.7. The lowest BCUT2D eigenvalue weighted by atomic mass is 9.33. The van der Waals surface area contributed by atoms with Crippen molar-refractivity contribution in [2.75, 3.05) is 9.80 Å². The molecule has 0 bridgehead atoms. The number of hydrogen-bond acceptors (Lipinski definition) is 2. The summed E-state index contributed by atoms with van der Waals surface area (Å²) in [4.78, 5) is 5.18. The van der Waals surface area contributed by atoms with E-state index in [1.807, 2.05) is 0 Å². The van der Waals surface area contributed by atoms with Crippen molar-refractivity contribution in [2.24, 2.45) is 0 Å². The van der Waals surface area contributed by atoms with Gasteiger partial charge >= 0.3 is 0 Å². The second-order valence-electron chi connectivity index (χ2n) is 27.7. The molecule has 2 nitrogen and oxygen atoms in total. The van der Waals surface area contributed by atoms with Gasteiger partial charge in [-0.15, -0.1) is 0 Å². The normalized spacial score (nSPS) is 20.4. The zero-order valence-electron chi connectivity index (χ0n) is 49.6. The molecule has 0 radical (unpaired) electrons. The summed E-state index contributed by atoms with van der Waals surface area (Å²) in [6.07, 6.45) is 4.32. The first-order chi connectivity index (χ1) is 35.4. The molecule has 0 aromatic heterocycles. The molecule has 0 amide bonds. The van der Waals surface area contributed by atoms with E-state index in [4.69, 9.17) is 4.11 Å². The summed E-state index contributed by atoms with van der Waals surface area (Å²) in [5.41, 5.74) is 25.7. The molecule has 0 saturated carbocycles. The summed E-state index contributed by atoms with van der Waals surface area (Å²) in [5.74, 6) is 0. The van der Waals surface area contributed by atoms with Gasteiger partial charge < -0.3 is 9.80 Å². The first-order valence-electron chi connectivity index (χ1n) is 29.0. The minimum atomic E-state index is -2.20. The molecule has 372 valence electrons. The maximum Gasteiger partial charge on any atom is 0.252 e. The van der Waals surface area contributed by atoms with Crippen molar-refractivity contribution >= 4 is 57.2 Å². The Bertz CT molecular complexity index is 3550. The van der Waals surface area contributed by atoms with E-state index in [0.29, 0.717) is 0 Å². The van der Waals surface area contributed by atoms with E-state index in [1.54, 1.807) is 0 Å². The average Bonchev–Trinajstić information content (AvgIpc) is 3.67. The van der Waals surface area contributed by atoms with Crippen molar-refractivity contribution in [1.82, 2.24) is 0 Å². The van der Waals surface area contributed by atoms with E-state index in [9.17, 15) is 0 Å². The fraction of sp³-hybridized carbons (Fsp3) is 0.400. The van der Waals surface area contributed by atoms with Crippen LogP contribution in [0.3, 0.4) is 0 Å². The number of hydrogen-bond donors (Lipinski definition) is 0. The Hall–Kier alpha value is -5.80. The van der Waals surface area contributed by atoms with Crippen LogP contribution in [0.15, 0.2) is 127 Å². The van der Waals surface area contributed by atoms with Crippen molar-refractivity contribution in [3.8, 4) is 11.1 Å². The van der Waals surface area contributed by atoms with Gasteiger partial charge in [0.2, 0.25) is 0 Å². The number of aryl methyl sites for hydroxylation is 2. The lowest BCUT2D eigenvalue weighted by molar-refractivity contribution is 0.332. The fourth-order valence-electron chi connectivity index (χ4n) is 15.5. The van der Waals surface area contributed by atoms with Crippen LogP contribution in [0.4, 0.5) is 34.1 Å². The lowest BCUT2D eigenvalue weighted by Crippen LogP contribution is -2.62. The molecule has 0 atom stereocenters. The summed E-state index contributed by atoms with van der Waals surface area (Å²) in [6.45, 7) is 33.9. The Kier molecular flexibility index (Phi) is 9.56. The van der Waals surface area contributed by atoms with Crippen molar-refractivity contribution in [2.45, 2.75) is 181 Å². The van der Waals surface area contributed by atoms with Crippen LogP contribution < -0.4 is 26.2 Å². The van der Waals surface area contributed by atoms with E-state index in [0.717, 1.165) is 59.4 Å². The summed E-state index contributed by atoms with van der Waals surface area (Å²) in [6, 6.07) is 49.0. The van der Waals surface area contributed by atoms with Gasteiger partial charge in [-0.3, -0.25) is 0 Å². The first-order valence-corrected chi connectivity index (χ1v) is 27.5. The highest BCUT2D eigenvalue weighted by Gasteiger charge is 2.51. The molecular weight excluding hydrogens is 880 g/mol. The zero-order chi connectivity index (χ0) is 54.2. The summed E-state index contributed by atoms with van der Waals surface area (Å²) in [7, 11) is 0. The molecule has 2 aliphatic heterocycles. The van der Waals surface area contributed by atoms with Crippen molar-refractivity contribution < 1.29 is 4.11 Å². The molecule has 12 rings (SSSR count). The molecule has 0 spiro atoms. The largest absolute Gasteiger partial charge is 0.311 e. The van der Waals surface area contributed by atoms with Gasteiger partial charge in [0, 0.05) is 43.5 Å². The smallest absolute Gasteiger partial charge is 0.252 e. The van der Waals surface area contributed by atoms with Gasteiger partial charge in [0.25, 0.3) is 6.71 Å². The summed E-state index contributed by atoms with van der Waals surface area (Å²) in [5, 5.41) is 0. The molecule has 0 fully saturated rings. The second kappa shape index (κ2) is 15.6. The molecule has 2 heterocycles. The van der Waals surface area contributed by atoms with E-state index in [-0.39, 0.29) is 51.0 Å². The Morgan fingerprint density at radius 1 is 0.466 bits per heavy atom. The predicted octanol–water partition coefficient (Wildman–Crippen LogP) is 16.9. The molecule has 7 aromatic rings. The average molecular weight is 962 g/mol. The van der Waals surface area contributed by atoms with Crippen LogP contribution in [0.25, 0.3) is 11.1 Å². The lowest BCUT2D eigenvalue weighted by Gasteiger charge is -2.47. The number of rotatable bonds is 6. The molecular formula is C70H79BN2. The van der Waals surface area contributed by atoms with E-state index in [1.165, 1.54) is 83.5 Å². The molecule has 5 aliphatic rings. The maximum absolute atomic E-state index is 8.91. The second-order valence-corrected chi connectivity index (χ2v) is 27.7. The summed E-state index contributed by atoms with van der Waals surface area (Å²) >= 11 is 0. The van der Waals surface area contributed by atoms with Gasteiger partial charge in [0.15, 0.2) is 0 Å². The van der Waals surface area contributed by atoms with Crippen molar-refractivity contribution in [3.05, 3.63) is 183 Å². The van der Waals surface area contributed by atoms with Gasteiger partial charge in [-0.2, -0.15) is 0 Å². The quantitative estimate of drug-likeness (QED) is 0.153. The van der Waals surface area contributed by atoms with Crippen LogP contribution in [-0.4, -0.2) is 6.71 Å². The van der Waals surface area contributed by atoms with E-state index < -0.39 is 6.85 Å². The third kappa shape index (κ3) is 7.09. The number of anilines is 6.